The van der Waals surface area contributed by atoms with Crippen LogP contribution in [0.25, 0.3) is 0 Å². The molecule has 1 aromatic rings. The minimum Gasteiger partial charge on any atom is -0.357 e. The van der Waals surface area contributed by atoms with Gasteiger partial charge in [0.2, 0.25) is 0 Å². The Kier molecular flexibility index (Phi) is 7.82. The number of aromatic nitrogens is 1. The number of piperazine rings is 1. The SMILES string of the molecule is CCCNC(=NCc1ccnc(N2CCN(CC)CC2)c1)NCC. The van der Waals surface area contributed by atoms with Gasteiger partial charge in [-0.1, -0.05) is 13.8 Å². The van der Waals surface area contributed by atoms with Crippen molar-refractivity contribution in [2.75, 3.05) is 50.7 Å². The lowest BCUT2D eigenvalue weighted by Crippen LogP contribution is -2.46. The van der Waals surface area contributed by atoms with Gasteiger partial charge in [-0.25, -0.2) is 9.98 Å². The maximum atomic E-state index is 4.67. The van der Waals surface area contributed by atoms with E-state index >= 15 is 0 Å². The molecular formula is C18H32N6. The lowest BCUT2D eigenvalue weighted by molar-refractivity contribution is 0.270. The molecule has 0 unspecified atom stereocenters. The van der Waals surface area contributed by atoms with Crippen LogP contribution in [-0.4, -0.2) is 61.7 Å². The van der Waals surface area contributed by atoms with E-state index in [9.17, 15) is 0 Å². The minimum atomic E-state index is 0.670. The molecule has 0 radical (unpaired) electrons. The lowest BCUT2D eigenvalue weighted by atomic mass is 10.2. The van der Waals surface area contributed by atoms with Gasteiger partial charge in [0.15, 0.2) is 5.96 Å². The fourth-order valence-corrected chi connectivity index (χ4v) is 2.78. The summed E-state index contributed by atoms with van der Waals surface area (Å²) in [6.07, 6.45) is 2.99. The summed E-state index contributed by atoms with van der Waals surface area (Å²) in [5.41, 5.74) is 1.20. The average Bonchev–Trinajstić information content (AvgIpc) is 2.64. The zero-order chi connectivity index (χ0) is 17.2. The lowest BCUT2D eigenvalue weighted by Gasteiger charge is -2.34. The smallest absolute Gasteiger partial charge is 0.191 e. The summed E-state index contributed by atoms with van der Waals surface area (Å²) in [4.78, 5) is 14.1. The molecular weight excluding hydrogens is 300 g/mol. The minimum absolute atomic E-state index is 0.670. The predicted octanol–water partition coefficient (Wildman–Crippen LogP) is 1.69. The molecule has 0 bridgehead atoms. The van der Waals surface area contributed by atoms with Gasteiger partial charge in [0.25, 0.3) is 0 Å². The van der Waals surface area contributed by atoms with Crippen LogP contribution < -0.4 is 15.5 Å². The van der Waals surface area contributed by atoms with Gasteiger partial charge in [0.1, 0.15) is 5.82 Å². The summed E-state index contributed by atoms with van der Waals surface area (Å²) >= 11 is 0. The standard InChI is InChI=1S/C18H32N6/c1-4-8-21-18(19-5-2)22-15-16-7-9-20-17(14-16)24-12-10-23(6-3)11-13-24/h7,9,14H,4-6,8,10-13,15H2,1-3H3,(H2,19,21,22). The topological polar surface area (TPSA) is 55.8 Å². The predicted molar refractivity (Wildman–Crippen MR) is 102 cm³/mol. The van der Waals surface area contributed by atoms with Crippen LogP contribution in [0.15, 0.2) is 23.3 Å². The number of nitrogens with zero attached hydrogens (tertiary/aromatic N) is 4. The molecule has 2 rings (SSSR count). The molecule has 1 fully saturated rings. The number of hydrogen-bond acceptors (Lipinski definition) is 4. The summed E-state index contributed by atoms with van der Waals surface area (Å²) in [7, 11) is 0. The van der Waals surface area contributed by atoms with Gasteiger partial charge in [-0.15, -0.1) is 0 Å². The summed E-state index contributed by atoms with van der Waals surface area (Å²) < 4.78 is 0. The quantitative estimate of drug-likeness (QED) is 0.588. The van der Waals surface area contributed by atoms with Gasteiger partial charge >= 0.3 is 0 Å². The van der Waals surface area contributed by atoms with Crippen LogP contribution >= 0.6 is 0 Å². The van der Waals surface area contributed by atoms with Crippen LogP contribution in [-0.2, 0) is 6.54 Å². The van der Waals surface area contributed by atoms with Crippen LogP contribution in [0.2, 0.25) is 0 Å². The Labute approximate surface area is 146 Å². The Bertz CT molecular complexity index is 508. The summed E-state index contributed by atoms with van der Waals surface area (Å²) in [6, 6.07) is 4.23. The molecule has 0 aromatic carbocycles. The molecule has 1 aromatic heterocycles. The molecule has 2 heterocycles. The van der Waals surface area contributed by atoms with Gasteiger partial charge in [-0.05, 0) is 37.6 Å². The maximum Gasteiger partial charge on any atom is 0.191 e. The Hall–Kier alpha value is -1.82. The van der Waals surface area contributed by atoms with Gasteiger partial charge in [-0.3, -0.25) is 0 Å². The maximum absolute atomic E-state index is 4.67. The summed E-state index contributed by atoms with van der Waals surface area (Å²) in [5, 5.41) is 6.62. The first-order valence-corrected chi connectivity index (χ1v) is 9.21. The van der Waals surface area contributed by atoms with Crippen molar-refractivity contribution < 1.29 is 0 Å². The van der Waals surface area contributed by atoms with Gasteiger partial charge < -0.3 is 20.4 Å². The normalized spacial score (nSPS) is 16.3. The number of nitrogens with one attached hydrogen (secondary N) is 2. The third-order valence-corrected chi connectivity index (χ3v) is 4.26. The average molecular weight is 332 g/mol. The number of hydrogen-bond donors (Lipinski definition) is 2. The first kappa shape index (κ1) is 18.5. The summed E-state index contributed by atoms with van der Waals surface area (Å²) in [6.45, 7) is 14.4. The molecule has 0 spiro atoms. The highest BCUT2D eigenvalue weighted by Gasteiger charge is 2.16. The zero-order valence-corrected chi connectivity index (χ0v) is 15.4. The second-order valence-electron chi connectivity index (χ2n) is 6.07. The number of guanidine groups is 1. The fourth-order valence-electron chi connectivity index (χ4n) is 2.78. The molecule has 0 saturated carbocycles. The van der Waals surface area contributed by atoms with Gasteiger partial charge in [-0.2, -0.15) is 0 Å². The largest absolute Gasteiger partial charge is 0.357 e. The molecule has 2 N–H and O–H groups in total. The van der Waals surface area contributed by atoms with Crippen LogP contribution in [0.5, 0.6) is 0 Å². The van der Waals surface area contributed by atoms with E-state index in [-0.39, 0.29) is 0 Å². The van der Waals surface area contributed by atoms with Gasteiger partial charge in [0.05, 0.1) is 6.54 Å². The highest BCUT2D eigenvalue weighted by atomic mass is 15.3. The van der Waals surface area contributed by atoms with Crippen LogP contribution in [0.4, 0.5) is 5.82 Å². The first-order chi connectivity index (χ1) is 11.8. The molecule has 134 valence electrons. The third-order valence-electron chi connectivity index (χ3n) is 4.26. The van der Waals surface area contributed by atoms with E-state index in [1.54, 1.807) is 0 Å². The highest BCUT2D eigenvalue weighted by molar-refractivity contribution is 5.79. The number of likely N-dealkylation sites (N-methyl/N-ethyl adjacent to an activating group) is 1. The van der Waals surface area contributed by atoms with Gasteiger partial charge in [0, 0.05) is 45.5 Å². The Balaban J connectivity index is 1.96. The van der Waals surface area contributed by atoms with Crippen molar-refractivity contribution >= 4 is 11.8 Å². The van der Waals surface area contributed by atoms with Crippen molar-refractivity contribution in [1.29, 1.82) is 0 Å². The molecule has 6 heteroatoms. The monoisotopic (exact) mass is 332 g/mol. The second kappa shape index (κ2) is 10.1. The zero-order valence-electron chi connectivity index (χ0n) is 15.4. The summed E-state index contributed by atoms with van der Waals surface area (Å²) in [5.74, 6) is 1.96. The van der Waals surface area contributed by atoms with E-state index in [4.69, 9.17) is 0 Å². The Morgan fingerprint density at radius 3 is 2.62 bits per heavy atom. The van der Waals surface area contributed by atoms with Crippen molar-refractivity contribution in [3.05, 3.63) is 23.9 Å². The van der Waals surface area contributed by atoms with Crippen LogP contribution in [0.1, 0.15) is 32.8 Å². The van der Waals surface area contributed by atoms with E-state index in [0.717, 1.165) is 64.0 Å². The first-order valence-electron chi connectivity index (χ1n) is 9.21. The number of anilines is 1. The van der Waals surface area contributed by atoms with Crippen LogP contribution in [0.3, 0.4) is 0 Å². The van der Waals surface area contributed by atoms with E-state index < -0.39 is 0 Å². The van der Waals surface area contributed by atoms with Crippen molar-refractivity contribution in [3.8, 4) is 0 Å². The second-order valence-corrected chi connectivity index (χ2v) is 6.07. The van der Waals surface area contributed by atoms with E-state index in [1.807, 2.05) is 6.20 Å². The fraction of sp³-hybridized carbons (Fsp3) is 0.667. The molecule has 0 amide bonds. The molecule has 1 aliphatic heterocycles. The third kappa shape index (κ3) is 5.67. The van der Waals surface area contributed by atoms with Crippen LogP contribution in [0, 0.1) is 0 Å². The van der Waals surface area contributed by atoms with E-state index in [0.29, 0.717) is 6.54 Å². The van der Waals surface area contributed by atoms with Crippen molar-refractivity contribution in [1.82, 2.24) is 20.5 Å². The molecule has 24 heavy (non-hydrogen) atoms. The molecule has 1 aliphatic rings. The molecule has 0 aliphatic carbocycles. The van der Waals surface area contributed by atoms with Crippen molar-refractivity contribution in [2.45, 2.75) is 33.7 Å². The van der Waals surface area contributed by atoms with Crippen molar-refractivity contribution in [2.24, 2.45) is 4.99 Å². The van der Waals surface area contributed by atoms with Crippen molar-refractivity contribution in [3.63, 3.8) is 0 Å². The van der Waals surface area contributed by atoms with E-state index in [1.165, 1.54) is 5.56 Å². The number of rotatable bonds is 7. The Morgan fingerprint density at radius 2 is 1.96 bits per heavy atom. The number of pyridine rings is 1. The molecule has 0 atom stereocenters. The van der Waals surface area contributed by atoms with E-state index in [2.05, 4.69) is 63.3 Å². The molecule has 1 saturated heterocycles. The highest BCUT2D eigenvalue weighted by Crippen LogP contribution is 2.15. The molecule has 6 nitrogen and oxygen atoms in total. The Morgan fingerprint density at radius 1 is 1.17 bits per heavy atom. The number of aliphatic imine (C=N–C) groups is 1.